The van der Waals surface area contributed by atoms with E-state index < -0.39 is 18.1 Å². The summed E-state index contributed by atoms with van der Waals surface area (Å²) in [6.45, 7) is 0.113. The van der Waals surface area contributed by atoms with Crippen molar-refractivity contribution in [3.63, 3.8) is 0 Å². The number of amides is 1. The Bertz CT molecular complexity index is 422. The van der Waals surface area contributed by atoms with Crippen LogP contribution in [-0.4, -0.2) is 36.7 Å². The molecule has 6 heteroatoms. The molecule has 0 radical (unpaired) electrons. The summed E-state index contributed by atoms with van der Waals surface area (Å²) >= 11 is 0. The van der Waals surface area contributed by atoms with Crippen LogP contribution in [0.2, 0.25) is 0 Å². The highest BCUT2D eigenvalue weighted by molar-refractivity contribution is 5.83. The molecule has 0 saturated carbocycles. The first kappa shape index (κ1) is 15.1. The van der Waals surface area contributed by atoms with Crippen LogP contribution >= 0.6 is 0 Å². The highest BCUT2D eigenvalue weighted by atomic mass is 16.5. The molecule has 0 aliphatic carbocycles. The van der Waals surface area contributed by atoms with Crippen molar-refractivity contribution in [2.75, 3.05) is 13.7 Å². The van der Waals surface area contributed by atoms with Gasteiger partial charge in [0.1, 0.15) is 6.04 Å². The van der Waals surface area contributed by atoms with E-state index in [0.717, 1.165) is 0 Å². The highest BCUT2D eigenvalue weighted by Crippen LogP contribution is 2.09. The first-order chi connectivity index (χ1) is 9.04. The van der Waals surface area contributed by atoms with Crippen molar-refractivity contribution in [3.8, 4) is 0 Å². The summed E-state index contributed by atoms with van der Waals surface area (Å²) in [6.07, 6.45) is -0.735. The molecule has 1 rings (SSSR count). The lowest BCUT2D eigenvalue weighted by molar-refractivity contribution is -0.140. The van der Waals surface area contributed by atoms with Crippen molar-refractivity contribution in [1.29, 1.82) is 0 Å². The van der Waals surface area contributed by atoms with E-state index in [4.69, 9.17) is 15.6 Å². The van der Waals surface area contributed by atoms with E-state index in [0.29, 0.717) is 5.56 Å². The summed E-state index contributed by atoms with van der Waals surface area (Å²) in [6, 6.07) is 8.17. The Morgan fingerprint density at radius 1 is 1.37 bits per heavy atom. The Labute approximate surface area is 111 Å². The quantitative estimate of drug-likeness (QED) is 0.658. The lowest BCUT2D eigenvalue weighted by atomic mass is 10.1. The van der Waals surface area contributed by atoms with Crippen LogP contribution < -0.4 is 11.1 Å². The van der Waals surface area contributed by atoms with Gasteiger partial charge in [-0.25, -0.2) is 0 Å². The van der Waals surface area contributed by atoms with Gasteiger partial charge in [-0.1, -0.05) is 30.3 Å². The van der Waals surface area contributed by atoms with Crippen LogP contribution in [-0.2, 0) is 14.3 Å². The molecular formula is C13H18N2O4. The van der Waals surface area contributed by atoms with E-state index in [-0.39, 0.29) is 18.9 Å². The van der Waals surface area contributed by atoms with Crippen LogP contribution in [0.5, 0.6) is 0 Å². The predicted molar refractivity (Wildman–Crippen MR) is 69.4 cm³/mol. The van der Waals surface area contributed by atoms with E-state index in [1.165, 1.54) is 7.11 Å². The first-order valence-electron chi connectivity index (χ1n) is 5.87. The average Bonchev–Trinajstić information content (AvgIpc) is 2.42. The van der Waals surface area contributed by atoms with Gasteiger partial charge in [-0.3, -0.25) is 9.59 Å². The second-order valence-electron chi connectivity index (χ2n) is 4.09. The monoisotopic (exact) mass is 266 g/mol. The van der Waals surface area contributed by atoms with Crippen LogP contribution in [0.3, 0.4) is 0 Å². The Morgan fingerprint density at radius 2 is 2.00 bits per heavy atom. The largest absolute Gasteiger partial charge is 0.481 e. The van der Waals surface area contributed by atoms with E-state index in [1.807, 2.05) is 6.07 Å². The van der Waals surface area contributed by atoms with Gasteiger partial charge < -0.3 is 20.9 Å². The highest BCUT2D eigenvalue weighted by Gasteiger charge is 2.18. The summed E-state index contributed by atoms with van der Waals surface area (Å²) in [7, 11) is 1.40. The summed E-state index contributed by atoms with van der Waals surface area (Å²) < 4.78 is 4.96. The van der Waals surface area contributed by atoms with Crippen molar-refractivity contribution < 1.29 is 19.4 Å². The van der Waals surface area contributed by atoms with Gasteiger partial charge in [0.25, 0.3) is 0 Å². The zero-order valence-electron chi connectivity index (χ0n) is 10.7. The maximum Gasteiger partial charge on any atom is 0.306 e. The molecule has 0 fully saturated rings. The Morgan fingerprint density at radius 3 is 2.53 bits per heavy atom. The van der Waals surface area contributed by atoms with Crippen LogP contribution in [0.1, 0.15) is 18.0 Å². The molecular weight excluding hydrogens is 248 g/mol. The maximum atomic E-state index is 11.8. The third-order valence-electron chi connectivity index (χ3n) is 2.68. The van der Waals surface area contributed by atoms with Crippen molar-refractivity contribution >= 4 is 11.9 Å². The number of hydrogen-bond acceptors (Lipinski definition) is 4. The number of rotatable bonds is 7. The van der Waals surface area contributed by atoms with Crippen LogP contribution in [0.25, 0.3) is 0 Å². The topological polar surface area (TPSA) is 102 Å². The molecule has 0 saturated heterocycles. The summed E-state index contributed by atoms with van der Waals surface area (Å²) in [4.78, 5) is 22.4. The number of carbonyl (C=O) groups is 2. The zero-order chi connectivity index (χ0) is 14.3. The maximum absolute atomic E-state index is 11.8. The first-order valence-corrected chi connectivity index (χ1v) is 5.87. The molecule has 0 heterocycles. The number of methoxy groups -OCH3 is 1. The van der Waals surface area contributed by atoms with Crippen LogP contribution in [0.4, 0.5) is 0 Å². The van der Waals surface area contributed by atoms with Gasteiger partial charge in [0.05, 0.1) is 12.5 Å². The summed E-state index contributed by atoms with van der Waals surface area (Å²) in [5.41, 5.74) is 6.50. The Hall–Kier alpha value is -1.92. The molecule has 104 valence electrons. The van der Waals surface area contributed by atoms with Crippen LogP contribution in [0, 0.1) is 0 Å². The van der Waals surface area contributed by atoms with Gasteiger partial charge in [0, 0.05) is 13.7 Å². The standard InChI is InChI=1S/C13H18N2O4/c1-19-10(7-11(16)17)8-15-13(18)12(14)9-5-3-2-4-6-9/h2-6,10,12H,7-8,14H2,1H3,(H,15,18)(H,16,17)/t10?,12-/m1/s1. The van der Waals surface area contributed by atoms with E-state index in [1.54, 1.807) is 24.3 Å². The molecule has 6 nitrogen and oxygen atoms in total. The SMILES string of the molecule is COC(CNC(=O)[C@H](N)c1ccccc1)CC(=O)O. The number of nitrogens with two attached hydrogens (primary N) is 1. The second kappa shape index (κ2) is 7.50. The molecule has 0 spiro atoms. The molecule has 2 atom stereocenters. The van der Waals surface area contributed by atoms with Gasteiger partial charge in [-0.15, -0.1) is 0 Å². The number of benzene rings is 1. The van der Waals surface area contributed by atoms with Crippen LogP contribution in [0.15, 0.2) is 30.3 Å². The van der Waals surface area contributed by atoms with Gasteiger partial charge in [-0.05, 0) is 5.56 Å². The molecule has 19 heavy (non-hydrogen) atoms. The lowest BCUT2D eigenvalue weighted by Gasteiger charge is -2.16. The molecule has 0 bridgehead atoms. The third kappa shape index (κ3) is 5.07. The van der Waals surface area contributed by atoms with Crippen molar-refractivity contribution in [2.24, 2.45) is 5.73 Å². The molecule has 4 N–H and O–H groups in total. The lowest BCUT2D eigenvalue weighted by Crippen LogP contribution is -2.39. The fourth-order valence-electron chi connectivity index (χ4n) is 1.57. The third-order valence-corrected chi connectivity index (χ3v) is 2.68. The summed E-state index contributed by atoms with van der Waals surface area (Å²) in [5, 5.41) is 11.2. The zero-order valence-corrected chi connectivity index (χ0v) is 10.7. The Kier molecular flexibility index (Phi) is 5.98. The predicted octanol–water partition coefficient (Wildman–Crippen LogP) is 0.292. The fraction of sp³-hybridized carbons (Fsp3) is 0.385. The van der Waals surface area contributed by atoms with Gasteiger partial charge in [0.2, 0.25) is 5.91 Å². The second-order valence-corrected chi connectivity index (χ2v) is 4.09. The molecule has 1 unspecified atom stereocenters. The van der Waals surface area contributed by atoms with Gasteiger partial charge in [-0.2, -0.15) is 0 Å². The number of carboxylic acid groups (broad SMARTS) is 1. The number of carbonyl (C=O) groups excluding carboxylic acids is 1. The normalized spacial score (nSPS) is 13.6. The van der Waals surface area contributed by atoms with E-state index in [9.17, 15) is 9.59 Å². The molecule has 1 aromatic rings. The number of nitrogens with one attached hydrogen (secondary N) is 1. The minimum absolute atomic E-state index is 0.113. The van der Waals surface area contributed by atoms with Crippen molar-refractivity contribution in [3.05, 3.63) is 35.9 Å². The minimum Gasteiger partial charge on any atom is -0.481 e. The molecule has 0 aromatic heterocycles. The number of hydrogen-bond donors (Lipinski definition) is 3. The molecule has 1 amide bonds. The molecule has 1 aromatic carbocycles. The smallest absolute Gasteiger partial charge is 0.306 e. The van der Waals surface area contributed by atoms with Gasteiger partial charge >= 0.3 is 5.97 Å². The minimum atomic E-state index is -0.978. The average molecular weight is 266 g/mol. The number of ether oxygens (including phenoxy) is 1. The van der Waals surface area contributed by atoms with E-state index in [2.05, 4.69) is 5.32 Å². The summed E-state index contributed by atoms with van der Waals surface area (Å²) in [5.74, 6) is -1.34. The Balaban J connectivity index is 2.48. The molecule has 0 aliphatic heterocycles. The van der Waals surface area contributed by atoms with Gasteiger partial charge in [0.15, 0.2) is 0 Å². The van der Waals surface area contributed by atoms with E-state index >= 15 is 0 Å². The fourth-order valence-corrected chi connectivity index (χ4v) is 1.57. The number of carboxylic acids is 1. The van der Waals surface area contributed by atoms with Crippen molar-refractivity contribution in [2.45, 2.75) is 18.6 Å². The van der Waals surface area contributed by atoms with Crippen molar-refractivity contribution in [1.82, 2.24) is 5.32 Å². The molecule has 0 aliphatic rings. The number of aliphatic carboxylic acids is 1.